The molecule has 2 saturated carbocycles. The minimum absolute atomic E-state index is 0.0639. The van der Waals surface area contributed by atoms with Crippen LogP contribution in [0.2, 0.25) is 0 Å². The number of hydrogen-bond donors (Lipinski definition) is 0. The highest BCUT2D eigenvalue weighted by Gasteiger charge is 2.75. The van der Waals surface area contributed by atoms with Gasteiger partial charge >= 0.3 is 0 Å². The van der Waals surface area contributed by atoms with Crippen LogP contribution in [-0.2, 0) is 10.2 Å². The fourth-order valence-electron chi connectivity index (χ4n) is 4.84. The Kier molecular flexibility index (Phi) is 2.78. The Hall–Kier alpha value is -1.89. The largest absolute Gasteiger partial charge is 0.299 e. The zero-order valence-corrected chi connectivity index (χ0v) is 12.3. The zero-order chi connectivity index (χ0) is 14.4. The molecule has 0 saturated heterocycles. The third kappa shape index (κ3) is 1.61. The van der Waals surface area contributed by atoms with E-state index in [1.165, 1.54) is 11.1 Å². The number of carbonyl (C=O) groups is 1. The molecule has 4 atom stereocenters. The van der Waals surface area contributed by atoms with Crippen molar-refractivity contribution in [3.63, 3.8) is 0 Å². The minimum atomic E-state index is 0.0639. The molecule has 0 aromatic heterocycles. The summed E-state index contributed by atoms with van der Waals surface area (Å²) in [6, 6.07) is 21.3. The Morgan fingerprint density at radius 3 is 2.19 bits per heavy atom. The second kappa shape index (κ2) is 4.56. The maximum atomic E-state index is 12.5. The fraction of sp³-hybridized carbons (Fsp3) is 0.350. The normalized spacial score (nSPS) is 33.8. The molecule has 106 valence electrons. The monoisotopic (exact) mass is 276 g/mol. The van der Waals surface area contributed by atoms with E-state index in [2.05, 4.69) is 67.6 Å². The van der Waals surface area contributed by atoms with Gasteiger partial charge in [0.05, 0.1) is 0 Å². The van der Waals surface area contributed by atoms with Crippen molar-refractivity contribution in [3.8, 4) is 0 Å². The van der Waals surface area contributed by atoms with Gasteiger partial charge in [0.1, 0.15) is 5.78 Å². The van der Waals surface area contributed by atoms with E-state index < -0.39 is 0 Å². The van der Waals surface area contributed by atoms with Crippen LogP contribution in [0, 0.1) is 11.8 Å². The number of benzene rings is 2. The van der Waals surface area contributed by atoms with Crippen molar-refractivity contribution in [1.82, 2.24) is 0 Å². The van der Waals surface area contributed by atoms with E-state index in [0.717, 1.165) is 12.8 Å². The molecule has 0 amide bonds. The molecular formula is C20H20O. The third-order valence-electron chi connectivity index (χ3n) is 5.65. The molecule has 0 aliphatic heterocycles. The van der Waals surface area contributed by atoms with Gasteiger partial charge in [-0.1, -0.05) is 74.0 Å². The van der Waals surface area contributed by atoms with Crippen LogP contribution in [-0.4, -0.2) is 5.78 Å². The van der Waals surface area contributed by atoms with Crippen LogP contribution < -0.4 is 0 Å². The van der Waals surface area contributed by atoms with Crippen molar-refractivity contribution in [2.24, 2.45) is 11.8 Å². The van der Waals surface area contributed by atoms with E-state index in [1.807, 2.05) is 0 Å². The van der Waals surface area contributed by atoms with E-state index in [0.29, 0.717) is 17.6 Å². The van der Waals surface area contributed by atoms with Gasteiger partial charge in [0.2, 0.25) is 0 Å². The Morgan fingerprint density at radius 1 is 0.952 bits per heavy atom. The molecule has 2 aromatic carbocycles. The highest BCUT2D eigenvalue weighted by atomic mass is 16.1. The second-order valence-electron chi connectivity index (χ2n) is 6.44. The summed E-state index contributed by atoms with van der Waals surface area (Å²) in [5.41, 5.74) is 2.76. The Labute approximate surface area is 126 Å². The van der Waals surface area contributed by atoms with Crippen molar-refractivity contribution in [2.75, 3.05) is 0 Å². The number of ketones is 1. The van der Waals surface area contributed by atoms with Crippen LogP contribution in [0.1, 0.15) is 36.8 Å². The summed E-state index contributed by atoms with van der Waals surface area (Å²) in [6.07, 6.45) is 1.85. The molecule has 0 radical (unpaired) electrons. The molecule has 1 nitrogen and oxygen atoms in total. The van der Waals surface area contributed by atoms with Crippen molar-refractivity contribution in [1.29, 1.82) is 0 Å². The molecule has 2 aromatic rings. The molecular weight excluding hydrogens is 256 g/mol. The summed E-state index contributed by atoms with van der Waals surface area (Å²) in [5.74, 6) is 1.54. The first-order valence-electron chi connectivity index (χ1n) is 7.93. The molecule has 4 rings (SSSR count). The maximum absolute atomic E-state index is 12.5. The number of Topliss-reactive ketones (excluding diaryl/α,β-unsaturated/α-hetero) is 1. The SMILES string of the molecule is CC[C@H]1CC(=O)[C@@H]2[C@H](c3ccccc3)[C@]12c1ccccc1. The summed E-state index contributed by atoms with van der Waals surface area (Å²) >= 11 is 0. The maximum Gasteiger partial charge on any atom is 0.137 e. The number of rotatable bonds is 3. The number of fused-ring (bicyclic) bond motifs is 1. The van der Waals surface area contributed by atoms with Gasteiger partial charge < -0.3 is 0 Å². The van der Waals surface area contributed by atoms with Crippen LogP contribution in [0.4, 0.5) is 0 Å². The molecule has 0 N–H and O–H groups in total. The summed E-state index contributed by atoms with van der Waals surface area (Å²) in [4.78, 5) is 12.5. The average Bonchev–Trinajstić information content (AvgIpc) is 3.17. The number of hydrogen-bond acceptors (Lipinski definition) is 1. The Morgan fingerprint density at radius 2 is 1.57 bits per heavy atom. The highest BCUT2D eigenvalue weighted by Crippen LogP contribution is 2.74. The van der Waals surface area contributed by atoms with Crippen LogP contribution in [0.25, 0.3) is 0 Å². The molecule has 21 heavy (non-hydrogen) atoms. The highest BCUT2D eigenvalue weighted by molar-refractivity contribution is 5.93. The fourth-order valence-corrected chi connectivity index (χ4v) is 4.84. The van der Waals surface area contributed by atoms with Crippen molar-refractivity contribution in [2.45, 2.75) is 31.1 Å². The standard InChI is InChI=1S/C20H20O/c1-2-15-13-17(21)19-18(14-9-5-3-6-10-14)20(15,19)16-11-7-4-8-12-16/h3-12,15,18-19H,2,13H2,1H3/t15-,18-,19+,20+/m0/s1. The van der Waals surface area contributed by atoms with Gasteiger partial charge in [0.25, 0.3) is 0 Å². The van der Waals surface area contributed by atoms with Gasteiger partial charge in [0, 0.05) is 23.7 Å². The lowest BCUT2D eigenvalue weighted by Crippen LogP contribution is -2.20. The molecule has 1 heteroatoms. The molecule has 0 heterocycles. The first-order valence-corrected chi connectivity index (χ1v) is 7.93. The smallest absolute Gasteiger partial charge is 0.137 e. The van der Waals surface area contributed by atoms with E-state index in [9.17, 15) is 4.79 Å². The minimum Gasteiger partial charge on any atom is -0.299 e. The quantitative estimate of drug-likeness (QED) is 0.815. The van der Waals surface area contributed by atoms with Crippen LogP contribution in [0.15, 0.2) is 60.7 Å². The summed E-state index contributed by atoms with van der Waals surface area (Å²) in [7, 11) is 0. The van der Waals surface area contributed by atoms with Crippen LogP contribution in [0.5, 0.6) is 0 Å². The lowest BCUT2D eigenvalue weighted by Gasteiger charge is -2.25. The number of carbonyl (C=O) groups excluding carboxylic acids is 1. The first-order chi connectivity index (χ1) is 10.3. The van der Waals surface area contributed by atoms with Crippen molar-refractivity contribution < 1.29 is 4.79 Å². The zero-order valence-electron chi connectivity index (χ0n) is 12.3. The van der Waals surface area contributed by atoms with Crippen molar-refractivity contribution in [3.05, 3.63) is 71.8 Å². The first kappa shape index (κ1) is 12.8. The van der Waals surface area contributed by atoms with E-state index in [1.54, 1.807) is 0 Å². The van der Waals surface area contributed by atoms with E-state index >= 15 is 0 Å². The predicted molar refractivity (Wildman–Crippen MR) is 84.2 cm³/mol. The van der Waals surface area contributed by atoms with Gasteiger partial charge in [-0.05, 0) is 17.0 Å². The molecule has 0 unspecified atom stereocenters. The van der Waals surface area contributed by atoms with Crippen molar-refractivity contribution >= 4 is 5.78 Å². The second-order valence-corrected chi connectivity index (χ2v) is 6.44. The molecule has 2 aliphatic carbocycles. The molecule has 0 bridgehead atoms. The topological polar surface area (TPSA) is 17.1 Å². The predicted octanol–water partition coefficient (Wildman–Crippen LogP) is 4.34. The average molecular weight is 276 g/mol. The third-order valence-corrected chi connectivity index (χ3v) is 5.65. The Bertz CT molecular complexity index is 661. The molecule has 0 spiro atoms. The van der Waals surface area contributed by atoms with Gasteiger partial charge in [-0.15, -0.1) is 0 Å². The van der Waals surface area contributed by atoms with E-state index in [4.69, 9.17) is 0 Å². The lowest BCUT2D eigenvalue weighted by atomic mass is 9.78. The lowest BCUT2D eigenvalue weighted by molar-refractivity contribution is -0.119. The van der Waals surface area contributed by atoms with Gasteiger partial charge in [-0.2, -0.15) is 0 Å². The summed E-state index contributed by atoms with van der Waals surface area (Å²) < 4.78 is 0. The van der Waals surface area contributed by atoms with Gasteiger partial charge in [0.15, 0.2) is 0 Å². The van der Waals surface area contributed by atoms with Gasteiger partial charge in [-0.25, -0.2) is 0 Å². The van der Waals surface area contributed by atoms with E-state index in [-0.39, 0.29) is 11.3 Å². The molecule has 2 aliphatic rings. The van der Waals surface area contributed by atoms with Crippen LogP contribution >= 0.6 is 0 Å². The Balaban J connectivity index is 1.86. The van der Waals surface area contributed by atoms with Crippen LogP contribution in [0.3, 0.4) is 0 Å². The molecule has 2 fully saturated rings. The van der Waals surface area contributed by atoms with Gasteiger partial charge in [-0.3, -0.25) is 4.79 Å². The summed E-state index contributed by atoms with van der Waals surface area (Å²) in [6.45, 7) is 2.23. The summed E-state index contributed by atoms with van der Waals surface area (Å²) in [5, 5.41) is 0.